The van der Waals surface area contributed by atoms with Gasteiger partial charge in [-0.15, -0.1) is 0 Å². The van der Waals surface area contributed by atoms with Gasteiger partial charge in [0.1, 0.15) is 17.2 Å². The van der Waals surface area contributed by atoms with Gasteiger partial charge in [0.25, 0.3) is 5.91 Å². The van der Waals surface area contributed by atoms with Gasteiger partial charge >= 0.3 is 0 Å². The highest BCUT2D eigenvalue weighted by Crippen LogP contribution is 2.28. The van der Waals surface area contributed by atoms with Gasteiger partial charge in [0, 0.05) is 49.0 Å². The average Bonchev–Trinajstić information content (AvgIpc) is 3.23. The number of aromatic nitrogens is 2. The normalized spacial score (nSPS) is 14.5. The van der Waals surface area contributed by atoms with Crippen LogP contribution in [0.2, 0.25) is 0 Å². The van der Waals surface area contributed by atoms with Crippen LogP contribution in [-0.4, -0.2) is 58.4 Å². The number of pyridine rings is 1. The van der Waals surface area contributed by atoms with Crippen molar-refractivity contribution in [3.05, 3.63) is 88.4 Å². The molecule has 0 aliphatic carbocycles. The lowest BCUT2D eigenvalue weighted by atomic mass is 10.1. The Kier molecular flexibility index (Phi) is 6.34. The Morgan fingerprint density at radius 3 is 2.56 bits per heavy atom. The molecule has 6 nitrogen and oxygen atoms in total. The second kappa shape index (κ2) is 9.56. The van der Waals surface area contributed by atoms with E-state index in [2.05, 4.69) is 37.4 Å². The van der Waals surface area contributed by atoms with Gasteiger partial charge in [-0.1, -0.05) is 34.1 Å². The van der Waals surface area contributed by atoms with E-state index in [-0.39, 0.29) is 11.5 Å². The summed E-state index contributed by atoms with van der Waals surface area (Å²) in [5, 5.41) is 0. The van der Waals surface area contributed by atoms with Crippen LogP contribution in [0.3, 0.4) is 0 Å². The predicted octanol–water partition coefficient (Wildman–Crippen LogP) is 4.87. The molecular weight excluding hydrogens is 499 g/mol. The molecule has 0 radical (unpaired) electrons. The summed E-state index contributed by atoms with van der Waals surface area (Å²) in [7, 11) is 1.49. The van der Waals surface area contributed by atoms with E-state index in [1.54, 1.807) is 4.90 Å². The number of carbonyl (C=O) groups is 1. The van der Waals surface area contributed by atoms with E-state index in [0.717, 1.165) is 27.1 Å². The van der Waals surface area contributed by atoms with Crippen LogP contribution in [-0.2, 0) is 6.54 Å². The molecule has 0 unspecified atom stereocenters. The number of carbonyl (C=O) groups excluding carboxylic acids is 1. The van der Waals surface area contributed by atoms with Gasteiger partial charge in [-0.05, 0) is 42.5 Å². The lowest BCUT2D eigenvalue weighted by Gasteiger charge is -2.35. The molecule has 0 bridgehead atoms. The molecule has 3 heterocycles. The number of piperazine rings is 1. The number of nitrogens with zero attached hydrogens (tertiary/aromatic N) is 4. The van der Waals surface area contributed by atoms with E-state index < -0.39 is 5.82 Å². The zero-order valence-electron chi connectivity index (χ0n) is 18.7. The third-order valence-electron chi connectivity index (χ3n) is 6.17. The van der Waals surface area contributed by atoms with Gasteiger partial charge < -0.3 is 14.0 Å². The Hall–Kier alpha value is -3.23. The maximum atomic E-state index is 13.8. The van der Waals surface area contributed by atoms with E-state index in [4.69, 9.17) is 9.72 Å². The molecule has 2 aromatic heterocycles. The molecule has 1 aliphatic rings. The summed E-state index contributed by atoms with van der Waals surface area (Å²) < 4.78 is 22.2. The molecule has 1 aliphatic heterocycles. The Bertz CT molecular complexity index is 1330. The number of imidazole rings is 1. The summed E-state index contributed by atoms with van der Waals surface area (Å²) in [4.78, 5) is 22.0. The third-order valence-corrected chi connectivity index (χ3v) is 6.70. The zero-order valence-corrected chi connectivity index (χ0v) is 20.3. The van der Waals surface area contributed by atoms with Crippen molar-refractivity contribution in [1.29, 1.82) is 0 Å². The largest absolute Gasteiger partial charge is 0.496 e. The molecule has 0 saturated carbocycles. The molecule has 174 valence electrons. The number of benzene rings is 2. The van der Waals surface area contributed by atoms with Gasteiger partial charge in [-0.2, -0.15) is 0 Å². The van der Waals surface area contributed by atoms with Crippen molar-refractivity contribution in [2.75, 3.05) is 33.3 Å². The minimum atomic E-state index is -0.448. The first-order chi connectivity index (χ1) is 16.5. The molecule has 34 heavy (non-hydrogen) atoms. The molecule has 1 fully saturated rings. The van der Waals surface area contributed by atoms with Crippen LogP contribution < -0.4 is 4.74 Å². The van der Waals surface area contributed by atoms with Gasteiger partial charge in [0.2, 0.25) is 0 Å². The monoisotopic (exact) mass is 522 g/mol. The fraction of sp³-hybridized carbons (Fsp3) is 0.231. The highest BCUT2D eigenvalue weighted by Gasteiger charge is 2.26. The minimum absolute atomic E-state index is 0.207. The number of hydrogen-bond donors (Lipinski definition) is 0. The molecule has 1 saturated heterocycles. The fourth-order valence-electron chi connectivity index (χ4n) is 4.38. The van der Waals surface area contributed by atoms with Crippen molar-refractivity contribution in [2.45, 2.75) is 6.54 Å². The van der Waals surface area contributed by atoms with Crippen molar-refractivity contribution in [1.82, 2.24) is 19.2 Å². The first-order valence-electron chi connectivity index (χ1n) is 11.1. The van der Waals surface area contributed by atoms with Crippen LogP contribution in [0.15, 0.2) is 71.3 Å². The van der Waals surface area contributed by atoms with E-state index in [1.807, 2.05) is 36.5 Å². The Morgan fingerprint density at radius 1 is 1.06 bits per heavy atom. The summed E-state index contributed by atoms with van der Waals surface area (Å²) in [6, 6.07) is 18.2. The van der Waals surface area contributed by atoms with Crippen LogP contribution >= 0.6 is 15.9 Å². The van der Waals surface area contributed by atoms with Crippen LogP contribution in [0.1, 0.15) is 16.1 Å². The molecule has 0 spiro atoms. The Balaban J connectivity index is 1.35. The number of ether oxygens (including phenoxy) is 1. The van der Waals surface area contributed by atoms with Crippen LogP contribution in [0.4, 0.5) is 4.39 Å². The number of methoxy groups -OCH3 is 1. The number of rotatable bonds is 5. The van der Waals surface area contributed by atoms with Crippen LogP contribution in [0.5, 0.6) is 5.75 Å². The van der Waals surface area contributed by atoms with Crippen LogP contribution in [0, 0.1) is 5.82 Å². The van der Waals surface area contributed by atoms with Crippen molar-refractivity contribution in [3.8, 4) is 17.0 Å². The first kappa shape index (κ1) is 22.6. The van der Waals surface area contributed by atoms with Gasteiger partial charge in [0.05, 0.1) is 24.1 Å². The summed E-state index contributed by atoms with van der Waals surface area (Å²) in [5.74, 6) is -0.268. The number of fused-ring (bicyclic) bond motifs is 1. The van der Waals surface area contributed by atoms with E-state index in [0.29, 0.717) is 38.5 Å². The van der Waals surface area contributed by atoms with E-state index in [9.17, 15) is 9.18 Å². The molecule has 8 heteroatoms. The second-order valence-electron chi connectivity index (χ2n) is 8.26. The standard InChI is InChI=1S/C26H24BrFN4O2/c1-34-23-10-9-20(28)16-21(23)26(33)31-14-12-30(13-15-31)17-22-25(18-5-7-19(27)8-6-18)29-24-4-2-3-11-32(22)24/h2-11,16H,12-15,17H2,1H3. The summed E-state index contributed by atoms with van der Waals surface area (Å²) in [6.45, 7) is 3.25. The number of amides is 1. The molecule has 4 aromatic rings. The highest BCUT2D eigenvalue weighted by atomic mass is 79.9. The molecule has 5 rings (SSSR count). The van der Waals surface area contributed by atoms with Gasteiger partial charge in [-0.25, -0.2) is 9.37 Å². The fourth-order valence-corrected chi connectivity index (χ4v) is 4.64. The molecule has 0 atom stereocenters. The van der Waals surface area contributed by atoms with Gasteiger partial charge in [-0.3, -0.25) is 9.69 Å². The average molecular weight is 523 g/mol. The summed E-state index contributed by atoms with van der Waals surface area (Å²) >= 11 is 3.50. The van der Waals surface area contributed by atoms with E-state index in [1.165, 1.54) is 25.3 Å². The molecule has 0 N–H and O–H groups in total. The highest BCUT2D eigenvalue weighted by molar-refractivity contribution is 9.10. The third kappa shape index (κ3) is 4.43. The van der Waals surface area contributed by atoms with Crippen molar-refractivity contribution in [2.24, 2.45) is 0 Å². The topological polar surface area (TPSA) is 50.1 Å². The lowest BCUT2D eigenvalue weighted by Crippen LogP contribution is -2.48. The smallest absolute Gasteiger partial charge is 0.257 e. The lowest BCUT2D eigenvalue weighted by molar-refractivity contribution is 0.0623. The second-order valence-corrected chi connectivity index (χ2v) is 9.17. The number of hydrogen-bond acceptors (Lipinski definition) is 4. The minimum Gasteiger partial charge on any atom is -0.496 e. The Morgan fingerprint density at radius 2 is 1.82 bits per heavy atom. The van der Waals surface area contributed by atoms with Crippen LogP contribution in [0.25, 0.3) is 16.9 Å². The zero-order chi connectivity index (χ0) is 23.7. The maximum absolute atomic E-state index is 13.8. The Labute approximate surface area is 205 Å². The van der Waals surface area contributed by atoms with E-state index >= 15 is 0 Å². The maximum Gasteiger partial charge on any atom is 0.257 e. The molecular formula is C26H24BrFN4O2. The summed E-state index contributed by atoms with van der Waals surface area (Å²) in [6.07, 6.45) is 2.04. The van der Waals surface area contributed by atoms with Gasteiger partial charge in [0.15, 0.2) is 0 Å². The summed E-state index contributed by atoms with van der Waals surface area (Å²) in [5.41, 5.74) is 4.30. The first-order valence-corrected chi connectivity index (χ1v) is 11.9. The van der Waals surface area contributed by atoms with Crippen molar-refractivity contribution < 1.29 is 13.9 Å². The van der Waals surface area contributed by atoms with Crippen molar-refractivity contribution in [3.63, 3.8) is 0 Å². The molecule has 2 aromatic carbocycles. The van der Waals surface area contributed by atoms with Crippen molar-refractivity contribution >= 4 is 27.5 Å². The SMILES string of the molecule is COc1ccc(F)cc1C(=O)N1CCN(Cc2c(-c3ccc(Br)cc3)nc3ccccn23)CC1. The predicted molar refractivity (Wildman–Crippen MR) is 132 cm³/mol. The number of halogens is 2. The quantitative estimate of drug-likeness (QED) is 0.375. The molecule has 1 amide bonds.